The smallest absolute Gasteiger partial charge is 0.188 e. The van der Waals surface area contributed by atoms with Crippen LogP contribution in [0.2, 0.25) is 0 Å². The number of fused-ring (bicyclic) bond motifs is 3. The average molecular weight is 580 g/mol. The second-order valence-electron chi connectivity index (χ2n) is 9.73. The van der Waals surface area contributed by atoms with Crippen LogP contribution in [0.15, 0.2) is 112 Å². The summed E-state index contributed by atoms with van der Waals surface area (Å²) in [7, 11) is 0. The number of hydrogen-bond donors (Lipinski definition) is 0. The summed E-state index contributed by atoms with van der Waals surface area (Å²) in [5.41, 5.74) is 7.98. The van der Waals surface area contributed by atoms with Crippen molar-refractivity contribution in [2.45, 2.75) is 0 Å². The number of furan rings is 2. The Morgan fingerprint density at radius 1 is 0.571 bits per heavy atom. The van der Waals surface area contributed by atoms with Crippen LogP contribution < -0.4 is 0 Å². The normalized spacial score (nSPS) is 12.1. The van der Waals surface area contributed by atoms with Crippen LogP contribution in [0.1, 0.15) is 21.1 Å². The zero-order chi connectivity index (χ0) is 27.9. The minimum absolute atomic E-state index is 0.746. The molecule has 4 aromatic heterocycles. The summed E-state index contributed by atoms with van der Waals surface area (Å²) < 4.78 is 11.5. The monoisotopic (exact) mass is 579 g/mol. The topological polar surface area (TPSA) is 65.0 Å². The molecule has 0 bridgehead atoms. The largest absolute Gasteiger partial charge is 0.454 e. The fraction of sp³-hybridized carbons (Fsp3) is 0. The molecule has 5 nitrogen and oxygen atoms in total. The number of hydrogen-bond acceptors (Lipinski definition) is 7. The minimum Gasteiger partial charge on any atom is -0.454 e. The average Bonchev–Trinajstić information content (AvgIpc) is 3.83. The van der Waals surface area contributed by atoms with Gasteiger partial charge in [0.25, 0.3) is 0 Å². The molecule has 0 aliphatic carbocycles. The number of nitrogens with zero attached hydrogens (tertiary/aromatic N) is 3. The molecular weight excluding hydrogens is 559 g/mol. The van der Waals surface area contributed by atoms with Crippen molar-refractivity contribution in [3.8, 4) is 33.5 Å². The molecule has 0 saturated heterocycles. The molecule has 0 fully saturated rings. The number of rotatable bonds is 6. The van der Waals surface area contributed by atoms with E-state index in [-0.39, 0.29) is 0 Å². The summed E-state index contributed by atoms with van der Waals surface area (Å²) in [6.07, 6.45) is 13.5. The highest BCUT2D eigenvalue weighted by Gasteiger charge is 2.17. The summed E-state index contributed by atoms with van der Waals surface area (Å²) in [4.78, 5) is 8.76. The molecule has 2 aliphatic heterocycles. The first-order chi connectivity index (χ1) is 20.8. The molecule has 0 spiro atoms. The van der Waals surface area contributed by atoms with E-state index >= 15 is 0 Å². The highest BCUT2D eigenvalue weighted by atomic mass is 32.1. The van der Waals surface area contributed by atoms with E-state index in [1.165, 1.54) is 11.1 Å². The molecular formula is C35H21N3O2S2. The second kappa shape index (κ2) is 10.4. The van der Waals surface area contributed by atoms with Crippen molar-refractivity contribution < 1.29 is 8.83 Å². The zero-order valence-corrected chi connectivity index (χ0v) is 23.7. The van der Waals surface area contributed by atoms with Gasteiger partial charge in [0.15, 0.2) is 9.79 Å². The van der Waals surface area contributed by atoms with Crippen LogP contribution >= 0.6 is 22.7 Å². The molecule has 6 aromatic rings. The molecule has 0 saturated carbocycles. The van der Waals surface area contributed by atoms with E-state index in [0.29, 0.717) is 0 Å². The summed E-state index contributed by atoms with van der Waals surface area (Å²) in [6, 6.07) is 28.9. The van der Waals surface area contributed by atoms with Gasteiger partial charge in [0, 0.05) is 37.2 Å². The van der Waals surface area contributed by atoms with Gasteiger partial charge in [-0.25, -0.2) is 0 Å². The van der Waals surface area contributed by atoms with Crippen LogP contribution in [-0.2, 0) is 0 Å². The van der Waals surface area contributed by atoms with Crippen LogP contribution in [0.25, 0.3) is 78.4 Å². The Labute approximate surface area is 249 Å². The van der Waals surface area contributed by atoms with Crippen molar-refractivity contribution in [3.63, 3.8) is 0 Å². The predicted molar refractivity (Wildman–Crippen MR) is 173 cm³/mol. The van der Waals surface area contributed by atoms with Gasteiger partial charge in [-0.05, 0) is 59.7 Å². The van der Waals surface area contributed by atoms with Crippen LogP contribution in [-0.4, -0.2) is 15.2 Å². The number of aromatic nitrogens is 3. The van der Waals surface area contributed by atoms with Crippen LogP contribution in [0.5, 0.6) is 0 Å². The SMILES string of the molecule is C(=C\c1sc2occc2c1-c1ccccc1)/c1ccc2c(/C=C/c3sc4occc4c3-c3ccccc3)nnc-2cn1. The lowest BCUT2D eigenvalue weighted by molar-refractivity contribution is 0.623. The molecule has 6 heterocycles. The Bertz CT molecular complexity index is 2200. The van der Waals surface area contributed by atoms with Gasteiger partial charge < -0.3 is 8.83 Å². The Hall–Kier alpha value is -5.11. The standard InChI is InChI=1S/C35H21N3O2S2/c1-3-7-22(8-4-1)32-26-17-19-39-34(26)41-30(32)15-12-24-11-13-25-28(37-38-29(25)21-36-24)14-16-31-33(23-9-5-2-6-10-23)27-18-20-40-35(27)42-31/h1-21H/b15-12+,16-14+. The van der Waals surface area contributed by atoms with Gasteiger partial charge in [-0.15, -0.1) is 10.2 Å². The fourth-order valence-electron chi connectivity index (χ4n) is 5.22. The van der Waals surface area contributed by atoms with Crippen molar-refractivity contribution in [1.82, 2.24) is 15.2 Å². The molecule has 42 heavy (non-hydrogen) atoms. The van der Waals surface area contributed by atoms with E-state index in [2.05, 4.69) is 70.9 Å². The highest BCUT2D eigenvalue weighted by molar-refractivity contribution is 7.20. The predicted octanol–water partition coefficient (Wildman–Crippen LogP) is 10.3. The minimum atomic E-state index is 0.746. The first-order valence-corrected chi connectivity index (χ1v) is 15.0. The third-order valence-corrected chi connectivity index (χ3v) is 9.32. The van der Waals surface area contributed by atoms with Gasteiger partial charge in [-0.3, -0.25) is 4.98 Å². The van der Waals surface area contributed by atoms with Crippen molar-refractivity contribution in [2.24, 2.45) is 0 Å². The fourth-order valence-corrected chi connectivity index (χ4v) is 7.32. The van der Waals surface area contributed by atoms with Gasteiger partial charge in [0.05, 0.1) is 30.1 Å². The maximum Gasteiger partial charge on any atom is 0.188 e. The first-order valence-electron chi connectivity index (χ1n) is 13.4. The lowest BCUT2D eigenvalue weighted by Gasteiger charge is -2.01. The molecule has 0 unspecified atom stereocenters. The van der Waals surface area contributed by atoms with Crippen LogP contribution in [0.4, 0.5) is 0 Å². The summed E-state index contributed by atoms with van der Waals surface area (Å²) in [5, 5.41) is 11.1. The third-order valence-electron chi connectivity index (χ3n) is 7.19. The van der Waals surface area contributed by atoms with Crippen molar-refractivity contribution in [3.05, 3.63) is 125 Å². The van der Waals surface area contributed by atoms with Crippen molar-refractivity contribution in [2.75, 3.05) is 0 Å². The highest BCUT2D eigenvalue weighted by Crippen LogP contribution is 2.42. The molecule has 0 radical (unpaired) electrons. The van der Waals surface area contributed by atoms with Gasteiger partial charge in [0.2, 0.25) is 0 Å². The van der Waals surface area contributed by atoms with Gasteiger partial charge >= 0.3 is 0 Å². The Balaban J connectivity index is 1.12. The van der Waals surface area contributed by atoms with E-state index in [1.54, 1.807) is 41.4 Å². The quantitative estimate of drug-likeness (QED) is 0.196. The molecule has 200 valence electrons. The summed E-state index contributed by atoms with van der Waals surface area (Å²) >= 11 is 3.27. The molecule has 2 aromatic carbocycles. The van der Waals surface area contributed by atoms with E-state index in [1.807, 2.05) is 48.6 Å². The van der Waals surface area contributed by atoms with E-state index in [0.717, 1.165) is 64.1 Å². The molecule has 0 atom stereocenters. The maximum absolute atomic E-state index is 5.73. The summed E-state index contributed by atoms with van der Waals surface area (Å²) in [5.74, 6) is 0. The first kappa shape index (κ1) is 24.7. The van der Waals surface area contributed by atoms with Gasteiger partial charge in [-0.2, -0.15) is 0 Å². The second-order valence-corrected chi connectivity index (χ2v) is 11.8. The molecule has 0 amide bonds. The Morgan fingerprint density at radius 2 is 1.17 bits per heavy atom. The van der Waals surface area contributed by atoms with E-state index in [9.17, 15) is 0 Å². The van der Waals surface area contributed by atoms with Crippen LogP contribution in [0.3, 0.4) is 0 Å². The van der Waals surface area contributed by atoms with Gasteiger partial charge in [-0.1, -0.05) is 83.3 Å². The van der Waals surface area contributed by atoms with E-state index < -0.39 is 0 Å². The Kier molecular flexibility index (Phi) is 6.09. The zero-order valence-electron chi connectivity index (χ0n) is 22.1. The van der Waals surface area contributed by atoms with E-state index in [4.69, 9.17) is 13.8 Å². The third kappa shape index (κ3) is 4.36. The van der Waals surface area contributed by atoms with Crippen molar-refractivity contribution in [1.29, 1.82) is 0 Å². The van der Waals surface area contributed by atoms with Crippen molar-refractivity contribution >= 4 is 67.5 Å². The number of thiophene rings is 2. The van der Waals surface area contributed by atoms with Crippen LogP contribution in [0, 0.1) is 0 Å². The lowest BCUT2D eigenvalue weighted by atomic mass is 10.0. The summed E-state index contributed by atoms with van der Waals surface area (Å²) in [6.45, 7) is 0. The molecule has 2 aliphatic rings. The molecule has 7 heteroatoms. The Morgan fingerprint density at radius 3 is 1.79 bits per heavy atom. The lowest BCUT2D eigenvalue weighted by Crippen LogP contribution is -1.78. The number of benzene rings is 2. The maximum atomic E-state index is 5.73. The molecule has 0 N–H and O–H groups in total. The van der Waals surface area contributed by atoms with Gasteiger partial charge in [0.1, 0.15) is 5.69 Å². The molecule has 8 rings (SSSR count).